The molecule has 0 aliphatic carbocycles. The molecule has 0 aromatic heterocycles. The number of rotatable bonds is 5. The van der Waals surface area contributed by atoms with Gasteiger partial charge >= 0.3 is 0 Å². The molecular formula is C14H20ClN3O2. The summed E-state index contributed by atoms with van der Waals surface area (Å²) in [4.78, 5) is 15.1. The lowest BCUT2D eigenvalue weighted by Crippen LogP contribution is -2.37. The number of halogens is 1. The molecule has 0 N–H and O–H groups in total. The van der Waals surface area contributed by atoms with Crippen molar-refractivity contribution in [2.24, 2.45) is 0 Å². The molecule has 110 valence electrons. The maximum absolute atomic E-state index is 10.9. The highest BCUT2D eigenvalue weighted by molar-refractivity contribution is 6.17. The molecular weight excluding hydrogens is 278 g/mol. The molecule has 1 aromatic carbocycles. The van der Waals surface area contributed by atoms with Crippen LogP contribution in [-0.4, -0.2) is 43.0 Å². The van der Waals surface area contributed by atoms with Gasteiger partial charge in [0.25, 0.3) is 5.69 Å². The summed E-state index contributed by atoms with van der Waals surface area (Å²) in [6.45, 7) is 1.99. The Bertz CT molecular complexity index is 493. The van der Waals surface area contributed by atoms with Gasteiger partial charge in [0.2, 0.25) is 0 Å². The number of nitro groups is 1. The standard InChI is InChI=1S/C14H20ClN3O2/c1-16(2)10-13-4-3-7-17(13)12-5-6-14(18(19)20)11(8-12)9-15/h5-6,8,13H,3-4,7,9-10H2,1-2H3. The molecule has 0 saturated carbocycles. The van der Waals surface area contributed by atoms with E-state index in [2.05, 4.69) is 23.9 Å². The zero-order chi connectivity index (χ0) is 14.7. The molecule has 1 atom stereocenters. The van der Waals surface area contributed by atoms with Gasteiger partial charge in [0.1, 0.15) is 0 Å². The van der Waals surface area contributed by atoms with Gasteiger partial charge in [-0.25, -0.2) is 0 Å². The molecule has 0 amide bonds. The minimum absolute atomic E-state index is 0.104. The highest BCUT2D eigenvalue weighted by atomic mass is 35.5. The lowest BCUT2D eigenvalue weighted by Gasteiger charge is -2.29. The van der Waals surface area contributed by atoms with Crippen LogP contribution in [-0.2, 0) is 5.88 Å². The van der Waals surface area contributed by atoms with Crippen LogP contribution in [0.1, 0.15) is 18.4 Å². The molecule has 1 saturated heterocycles. The Hall–Kier alpha value is -1.33. The van der Waals surface area contributed by atoms with E-state index in [-0.39, 0.29) is 16.5 Å². The van der Waals surface area contributed by atoms with Crippen molar-refractivity contribution in [3.8, 4) is 0 Å². The predicted molar refractivity (Wildman–Crippen MR) is 81.6 cm³/mol. The van der Waals surface area contributed by atoms with E-state index in [0.717, 1.165) is 31.6 Å². The highest BCUT2D eigenvalue weighted by Crippen LogP contribution is 2.31. The molecule has 1 unspecified atom stereocenters. The minimum atomic E-state index is -0.372. The average Bonchev–Trinajstić information content (AvgIpc) is 2.85. The average molecular weight is 298 g/mol. The Morgan fingerprint density at radius 2 is 2.25 bits per heavy atom. The van der Waals surface area contributed by atoms with E-state index in [4.69, 9.17) is 11.6 Å². The van der Waals surface area contributed by atoms with Crippen molar-refractivity contribution in [1.29, 1.82) is 0 Å². The zero-order valence-corrected chi connectivity index (χ0v) is 12.6. The molecule has 1 aliphatic heterocycles. The van der Waals surface area contributed by atoms with Crippen molar-refractivity contribution < 1.29 is 4.92 Å². The quantitative estimate of drug-likeness (QED) is 0.476. The molecule has 6 heteroatoms. The van der Waals surface area contributed by atoms with Crippen molar-refractivity contribution in [2.75, 3.05) is 32.1 Å². The predicted octanol–water partition coefficient (Wildman–Crippen LogP) is 2.86. The number of hydrogen-bond donors (Lipinski definition) is 0. The molecule has 0 spiro atoms. The number of nitrogens with zero attached hydrogens (tertiary/aromatic N) is 3. The van der Waals surface area contributed by atoms with Crippen molar-refractivity contribution >= 4 is 23.0 Å². The van der Waals surface area contributed by atoms with Crippen LogP contribution < -0.4 is 4.90 Å². The van der Waals surface area contributed by atoms with Gasteiger partial charge in [-0.05, 0) is 39.1 Å². The summed E-state index contributed by atoms with van der Waals surface area (Å²) >= 11 is 5.84. The Morgan fingerprint density at radius 1 is 1.50 bits per heavy atom. The third kappa shape index (κ3) is 3.22. The van der Waals surface area contributed by atoms with Gasteiger partial charge in [-0.15, -0.1) is 11.6 Å². The van der Waals surface area contributed by atoms with Crippen LogP contribution >= 0.6 is 11.6 Å². The first-order chi connectivity index (χ1) is 9.52. The van der Waals surface area contributed by atoms with Crippen molar-refractivity contribution in [3.63, 3.8) is 0 Å². The molecule has 1 aliphatic rings. The third-order valence-corrected chi connectivity index (χ3v) is 3.98. The fraction of sp³-hybridized carbons (Fsp3) is 0.571. The van der Waals surface area contributed by atoms with Gasteiger partial charge in [-0.3, -0.25) is 10.1 Å². The van der Waals surface area contributed by atoms with Crippen LogP contribution in [0.5, 0.6) is 0 Å². The molecule has 5 nitrogen and oxygen atoms in total. The number of alkyl halides is 1. The molecule has 0 bridgehead atoms. The SMILES string of the molecule is CN(C)CC1CCCN1c1ccc([N+](=O)[O-])c(CCl)c1. The van der Waals surface area contributed by atoms with E-state index in [1.165, 1.54) is 0 Å². The zero-order valence-electron chi connectivity index (χ0n) is 11.9. The summed E-state index contributed by atoms with van der Waals surface area (Å²) < 4.78 is 0. The van der Waals surface area contributed by atoms with Gasteiger partial charge in [0, 0.05) is 36.4 Å². The summed E-state index contributed by atoms with van der Waals surface area (Å²) in [7, 11) is 4.13. The van der Waals surface area contributed by atoms with E-state index in [1.807, 2.05) is 12.1 Å². The van der Waals surface area contributed by atoms with Gasteiger partial charge < -0.3 is 9.80 Å². The smallest absolute Gasteiger partial charge is 0.273 e. The number of anilines is 1. The van der Waals surface area contributed by atoms with Gasteiger partial charge in [-0.1, -0.05) is 0 Å². The van der Waals surface area contributed by atoms with E-state index in [9.17, 15) is 10.1 Å². The highest BCUT2D eigenvalue weighted by Gasteiger charge is 2.26. The lowest BCUT2D eigenvalue weighted by atomic mass is 10.1. The molecule has 1 heterocycles. The summed E-state index contributed by atoms with van der Waals surface area (Å²) in [5.74, 6) is 0.163. The summed E-state index contributed by atoms with van der Waals surface area (Å²) in [5, 5.41) is 10.9. The second-order valence-corrected chi connectivity index (χ2v) is 5.72. The van der Waals surface area contributed by atoms with Crippen LogP contribution in [0, 0.1) is 10.1 Å². The first kappa shape index (κ1) is 15.1. The van der Waals surface area contributed by atoms with E-state index in [0.29, 0.717) is 11.6 Å². The van der Waals surface area contributed by atoms with Crippen LogP contribution in [0.2, 0.25) is 0 Å². The Labute approximate surface area is 124 Å². The maximum atomic E-state index is 10.9. The maximum Gasteiger partial charge on any atom is 0.273 e. The monoisotopic (exact) mass is 297 g/mol. The second kappa shape index (κ2) is 6.41. The van der Waals surface area contributed by atoms with Crippen LogP contribution in [0.3, 0.4) is 0 Å². The normalized spacial score (nSPS) is 18.8. The second-order valence-electron chi connectivity index (χ2n) is 5.46. The largest absolute Gasteiger partial charge is 0.367 e. The first-order valence-electron chi connectivity index (χ1n) is 6.77. The van der Waals surface area contributed by atoms with E-state index < -0.39 is 0 Å². The first-order valence-corrected chi connectivity index (χ1v) is 7.31. The molecule has 20 heavy (non-hydrogen) atoms. The number of benzene rings is 1. The van der Waals surface area contributed by atoms with Crippen molar-refractivity contribution in [3.05, 3.63) is 33.9 Å². The number of hydrogen-bond acceptors (Lipinski definition) is 4. The van der Waals surface area contributed by atoms with Crippen LogP contribution in [0.4, 0.5) is 11.4 Å². The van der Waals surface area contributed by atoms with Gasteiger partial charge in [-0.2, -0.15) is 0 Å². The fourth-order valence-electron chi connectivity index (χ4n) is 2.82. The Balaban J connectivity index is 2.26. The van der Waals surface area contributed by atoms with Crippen molar-refractivity contribution in [2.45, 2.75) is 24.8 Å². The Morgan fingerprint density at radius 3 is 2.85 bits per heavy atom. The fourth-order valence-corrected chi connectivity index (χ4v) is 3.04. The topological polar surface area (TPSA) is 49.6 Å². The summed E-state index contributed by atoms with van der Waals surface area (Å²) in [6.07, 6.45) is 2.32. The molecule has 1 aromatic rings. The van der Waals surface area contributed by atoms with Gasteiger partial charge in [0.15, 0.2) is 0 Å². The van der Waals surface area contributed by atoms with Crippen molar-refractivity contribution in [1.82, 2.24) is 4.90 Å². The minimum Gasteiger partial charge on any atom is -0.367 e. The van der Waals surface area contributed by atoms with Crippen LogP contribution in [0.25, 0.3) is 0 Å². The lowest BCUT2D eigenvalue weighted by molar-refractivity contribution is -0.385. The van der Waals surface area contributed by atoms with Gasteiger partial charge in [0.05, 0.1) is 10.8 Å². The molecule has 1 fully saturated rings. The summed E-state index contributed by atoms with van der Waals surface area (Å²) in [5.41, 5.74) is 1.73. The summed E-state index contributed by atoms with van der Waals surface area (Å²) in [6, 6.07) is 5.73. The number of likely N-dealkylation sites (N-methyl/N-ethyl adjacent to an activating group) is 1. The molecule has 0 radical (unpaired) electrons. The third-order valence-electron chi connectivity index (χ3n) is 3.69. The van der Waals surface area contributed by atoms with Crippen LogP contribution in [0.15, 0.2) is 18.2 Å². The number of nitro benzene ring substituents is 1. The molecule has 2 rings (SSSR count). The van der Waals surface area contributed by atoms with E-state index >= 15 is 0 Å². The van der Waals surface area contributed by atoms with E-state index in [1.54, 1.807) is 6.07 Å². The Kier molecular flexibility index (Phi) is 4.83.